The first-order valence-corrected chi connectivity index (χ1v) is 9.43. The van der Waals surface area contributed by atoms with Crippen molar-refractivity contribution in [3.8, 4) is 5.75 Å². The molecule has 0 aliphatic heterocycles. The summed E-state index contributed by atoms with van der Waals surface area (Å²) in [7, 11) is 0. The van der Waals surface area contributed by atoms with Gasteiger partial charge >= 0.3 is 0 Å². The van der Waals surface area contributed by atoms with E-state index < -0.39 is 5.25 Å². The summed E-state index contributed by atoms with van der Waals surface area (Å²) in [4.78, 5) is 16.2. The summed E-state index contributed by atoms with van der Waals surface area (Å²) in [6.07, 6.45) is 1.46. The molecule has 0 bridgehead atoms. The summed E-state index contributed by atoms with van der Waals surface area (Å²) in [6.45, 7) is 1.84. The highest BCUT2D eigenvalue weighted by atomic mass is 35.5. The van der Waals surface area contributed by atoms with E-state index in [0.29, 0.717) is 27.5 Å². The number of nitrogens with zero attached hydrogens (tertiary/aromatic N) is 3. The van der Waals surface area contributed by atoms with Crippen molar-refractivity contribution in [1.82, 2.24) is 15.2 Å². The van der Waals surface area contributed by atoms with Gasteiger partial charge in [-0.2, -0.15) is 0 Å². The van der Waals surface area contributed by atoms with Gasteiger partial charge in [0.2, 0.25) is 5.91 Å². The van der Waals surface area contributed by atoms with E-state index in [0.717, 1.165) is 11.8 Å². The molecule has 2 aromatic heterocycles. The zero-order valence-corrected chi connectivity index (χ0v) is 16.4. The zero-order valence-electron chi connectivity index (χ0n) is 14.1. The van der Waals surface area contributed by atoms with Crippen LogP contribution >= 0.6 is 35.0 Å². The van der Waals surface area contributed by atoms with E-state index >= 15 is 0 Å². The van der Waals surface area contributed by atoms with Crippen LogP contribution in [0, 0.1) is 0 Å². The topological polar surface area (TPSA) is 90.1 Å². The lowest BCUT2D eigenvalue weighted by atomic mass is 10.3. The number of rotatable bonds is 7. The quantitative estimate of drug-likeness (QED) is 0.559. The summed E-state index contributed by atoms with van der Waals surface area (Å²) in [5.74, 6) is 1.11. The molecule has 0 radical (unpaired) electrons. The third-order valence-electron chi connectivity index (χ3n) is 3.25. The first-order valence-electron chi connectivity index (χ1n) is 7.79. The van der Waals surface area contributed by atoms with Crippen molar-refractivity contribution in [3.05, 3.63) is 58.5 Å². The fourth-order valence-corrected chi connectivity index (χ4v) is 2.84. The molecule has 0 saturated carbocycles. The predicted octanol–water partition coefficient (Wildman–Crippen LogP) is 4.47. The van der Waals surface area contributed by atoms with Crippen molar-refractivity contribution in [2.45, 2.75) is 24.0 Å². The second kappa shape index (κ2) is 9.07. The number of anilines is 1. The molecule has 0 saturated heterocycles. The van der Waals surface area contributed by atoms with Gasteiger partial charge in [0.1, 0.15) is 11.6 Å². The molecule has 1 N–H and O–H groups in total. The van der Waals surface area contributed by atoms with E-state index in [1.54, 1.807) is 43.3 Å². The molecule has 0 fully saturated rings. The Balaban J connectivity index is 1.50. The lowest BCUT2D eigenvalue weighted by Crippen LogP contribution is -2.22. The molecule has 7 nitrogen and oxygen atoms in total. The second-order valence-electron chi connectivity index (χ2n) is 5.32. The summed E-state index contributed by atoms with van der Waals surface area (Å²) >= 11 is 12.7. The number of amides is 1. The van der Waals surface area contributed by atoms with Crippen LogP contribution in [-0.2, 0) is 11.4 Å². The van der Waals surface area contributed by atoms with Gasteiger partial charge in [0, 0.05) is 11.2 Å². The summed E-state index contributed by atoms with van der Waals surface area (Å²) in [5, 5.41) is 11.4. The Labute approximate surface area is 169 Å². The van der Waals surface area contributed by atoms with Gasteiger partial charge < -0.3 is 14.5 Å². The minimum Gasteiger partial charge on any atom is -0.484 e. The molecule has 27 heavy (non-hydrogen) atoms. The largest absolute Gasteiger partial charge is 0.484 e. The average Bonchev–Trinajstić information content (AvgIpc) is 3.10. The van der Waals surface area contributed by atoms with Crippen molar-refractivity contribution >= 4 is 46.7 Å². The monoisotopic (exact) mass is 424 g/mol. The van der Waals surface area contributed by atoms with Crippen LogP contribution in [0.15, 0.2) is 52.2 Å². The van der Waals surface area contributed by atoms with Crippen molar-refractivity contribution in [3.63, 3.8) is 0 Å². The summed E-state index contributed by atoms with van der Waals surface area (Å²) in [5.41, 5.74) is 0. The van der Waals surface area contributed by atoms with Crippen molar-refractivity contribution < 1.29 is 13.9 Å². The molecule has 3 rings (SSSR count). The number of nitrogens with one attached hydrogen (secondary N) is 1. The number of thioether (sulfide) groups is 1. The van der Waals surface area contributed by atoms with Crippen molar-refractivity contribution in [2.24, 2.45) is 0 Å². The van der Waals surface area contributed by atoms with Gasteiger partial charge in [-0.15, -0.1) is 10.2 Å². The maximum absolute atomic E-state index is 12.2. The van der Waals surface area contributed by atoms with Gasteiger partial charge in [0.05, 0.1) is 10.3 Å². The first kappa shape index (κ1) is 19.5. The van der Waals surface area contributed by atoms with Crippen LogP contribution in [0.25, 0.3) is 0 Å². The van der Waals surface area contributed by atoms with E-state index in [1.807, 2.05) is 0 Å². The number of benzene rings is 1. The molecule has 2 heterocycles. The molecule has 1 aromatic carbocycles. The van der Waals surface area contributed by atoms with Gasteiger partial charge in [0.15, 0.2) is 6.61 Å². The molecule has 0 spiro atoms. The maximum atomic E-state index is 12.2. The Kier molecular flexibility index (Phi) is 6.54. The van der Waals surface area contributed by atoms with E-state index in [4.69, 9.17) is 32.4 Å². The molecule has 1 amide bonds. The van der Waals surface area contributed by atoms with Gasteiger partial charge in [-0.25, -0.2) is 4.98 Å². The van der Waals surface area contributed by atoms with Crippen LogP contribution in [0.3, 0.4) is 0 Å². The molecule has 1 atom stereocenters. The predicted molar refractivity (Wildman–Crippen MR) is 103 cm³/mol. The third-order valence-corrected chi connectivity index (χ3v) is 4.66. The minimum atomic E-state index is -0.465. The van der Waals surface area contributed by atoms with Crippen LogP contribution in [0.4, 0.5) is 5.82 Å². The highest BCUT2D eigenvalue weighted by Crippen LogP contribution is 2.23. The first-order chi connectivity index (χ1) is 13.0. The fourth-order valence-electron chi connectivity index (χ4n) is 1.90. The second-order valence-corrected chi connectivity index (χ2v) is 7.48. The van der Waals surface area contributed by atoms with Gasteiger partial charge in [-0.05, 0) is 43.3 Å². The standard InChI is InChI=1S/C17H14Cl2N4O3S/c1-10(16(24)21-14-7-4-12(19)8-20-14)27-17-23-22-15(26-17)9-25-13-5-2-11(18)3-6-13/h2-8,10H,9H2,1H3,(H,20,21,24). The van der Waals surface area contributed by atoms with Crippen LogP contribution in [-0.4, -0.2) is 26.3 Å². The molecule has 3 aromatic rings. The number of hydrogen-bond donors (Lipinski definition) is 1. The number of aromatic nitrogens is 3. The highest BCUT2D eigenvalue weighted by Gasteiger charge is 2.19. The fraction of sp³-hybridized carbons (Fsp3) is 0.176. The Morgan fingerprint density at radius 2 is 1.93 bits per heavy atom. The van der Waals surface area contributed by atoms with E-state index in [-0.39, 0.29) is 17.7 Å². The lowest BCUT2D eigenvalue weighted by Gasteiger charge is -2.09. The van der Waals surface area contributed by atoms with E-state index in [1.165, 1.54) is 6.20 Å². The molecule has 10 heteroatoms. The van der Waals surface area contributed by atoms with Gasteiger partial charge in [0.25, 0.3) is 11.1 Å². The van der Waals surface area contributed by atoms with E-state index in [9.17, 15) is 4.79 Å². The number of carbonyl (C=O) groups is 1. The SMILES string of the molecule is CC(Sc1nnc(COc2ccc(Cl)cc2)o1)C(=O)Nc1ccc(Cl)cn1. The number of pyridine rings is 1. The summed E-state index contributed by atoms with van der Waals surface area (Å²) in [6, 6.07) is 10.2. The summed E-state index contributed by atoms with van der Waals surface area (Å²) < 4.78 is 11.0. The Morgan fingerprint density at radius 3 is 2.63 bits per heavy atom. The Bertz CT molecular complexity index is 903. The minimum absolute atomic E-state index is 0.116. The smallest absolute Gasteiger partial charge is 0.277 e. The molecular formula is C17H14Cl2N4O3S. The third kappa shape index (κ3) is 5.85. The van der Waals surface area contributed by atoms with E-state index in [2.05, 4.69) is 20.5 Å². The van der Waals surface area contributed by atoms with Gasteiger partial charge in [-0.3, -0.25) is 4.79 Å². The molecule has 140 valence electrons. The van der Waals surface area contributed by atoms with Crippen molar-refractivity contribution in [2.75, 3.05) is 5.32 Å². The maximum Gasteiger partial charge on any atom is 0.277 e. The number of hydrogen-bond acceptors (Lipinski definition) is 7. The molecular weight excluding hydrogens is 411 g/mol. The lowest BCUT2D eigenvalue weighted by molar-refractivity contribution is -0.115. The van der Waals surface area contributed by atoms with Crippen LogP contribution in [0.5, 0.6) is 5.75 Å². The highest BCUT2D eigenvalue weighted by molar-refractivity contribution is 8.00. The average molecular weight is 425 g/mol. The van der Waals surface area contributed by atoms with Gasteiger partial charge in [-0.1, -0.05) is 35.0 Å². The Morgan fingerprint density at radius 1 is 1.19 bits per heavy atom. The van der Waals surface area contributed by atoms with Crippen LogP contribution in [0.1, 0.15) is 12.8 Å². The number of ether oxygens (including phenoxy) is 1. The normalized spacial score (nSPS) is 11.8. The Hall–Kier alpha value is -2.29. The number of halogens is 2. The molecule has 0 aliphatic carbocycles. The number of carbonyl (C=O) groups excluding carboxylic acids is 1. The van der Waals surface area contributed by atoms with Crippen LogP contribution < -0.4 is 10.1 Å². The van der Waals surface area contributed by atoms with Crippen molar-refractivity contribution in [1.29, 1.82) is 0 Å². The molecule has 0 aliphatic rings. The molecule has 1 unspecified atom stereocenters. The zero-order chi connectivity index (χ0) is 19.2. The van der Waals surface area contributed by atoms with Crippen LogP contribution in [0.2, 0.25) is 10.0 Å².